The van der Waals surface area contributed by atoms with Gasteiger partial charge >= 0.3 is 0 Å². The molecule has 3 unspecified atom stereocenters. The van der Waals surface area contributed by atoms with Crippen molar-refractivity contribution < 1.29 is 0 Å². The van der Waals surface area contributed by atoms with Crippen molar-refractivity contribution in [1.82, 2.24) is 0 Å². The summed E-state index contributed by atoms with van der Waals surface area (Å²) in [7, 11) is 0. The van der Waals surface area contributed by atoms with Gasteiger partial charge in [0, 0.05) is 0 Å². The van der Waals surface area contributed by atoms with Crippen molar-refractivity contribution >= 4 is 0 Å². The topological polar surface area (TPSA) is 0 Å². The molecule has 0 radical (unpaired) electrons. The summed E-state index contributed by atoms with van der Waals surface area (Å²) in [6, 6.07) is 0. The first-order valence-electron chi connectivity index (χ1n) is 8.49. The standard InChI is InChI=1S/C20H28/c1-16-8-10-17(11-9-16)12-13-19-15-20(19)14-18-6-4-2-3-5-7-18/h4-10,17-20H,2-3,11-15H2,1H3. The van der Waals surface area contributed by atoms with Gasteiger partial charge in [-0.3, -0.25) is 0 Å². The fourth-order valence-electron chi connectivity index (χ4n) is 3.67. The van der Waals surface area contributed by atoms with E-state index in [2.05, 4.69) is 49.5 Å². The van der Waals surface area contributed by atoms with E-state index in [4.69, 9.17) is 0 Å². The first-order chi connectivity index (χ1) is 9.81. The molecule has 0 N–H and O–H groups in total. The van der Waals surface area contributed by atoms with Gasteiger partial charge < -0.3 is 0 Å². The van der Waals surface area contributed by atoms with Gasteiger partial charge in [0.05, 0.1) is 0 Å². The average Bonchev–Trinajstić information content (AvgIpc) is 3.23. The van der Waals surface area contributed by atoms with Crippen LogP contribution in [0.4, 0.5) is 0 Å². The lowest BCUT2D eigenvalue weighted by molar-refractivity contribution is 0.496. The fraction of sp³-hybridized carbons (Fsp3) is 0.600. The Morgan fingerprint density at radius 1 is 1.00 bits per heavy atom. The van der Waals surface area contributed by atoms with E-state index >= 15 is 0 Å². The van der Waals surface area contributed by atoms with Gasteiger partial charge in [0.1, 0.15) is 0 Å². The summed E-state index contributed by atoms with van der Waals surface area (Å²) in [5, 5.41) is 0. The van der Waals surface area contributed by atoms with Crippen molar-refractivity contribution in [1.29, 1.82) is 0 Å². The average molecular weight is 268 g/mol. The van der Waals surface area contributed by atoms with Gasteiger partial charge in [-0.25, -0.2) is 0 Å². The van der Waals surface area contributed by atoms with Crippen LogP contribution < -0.4 is 0 Å². The summed E-state index contributed by atoms with van der Waals surface area (Å²) in [6.07, 6.45) is 26.3. The summed E-state index contributed by atoms with van der Waals surface area (Å²) in [6.45, 7) is 2.21. The maximum atomic E-state index is 2.44. The van der Waals surface area contributed by atoms with Crippen molar-refractivity contribution in [3.63, 3.8) is 0 Å². The Morgan fingerprint density at radius 2 is 1.80 bits per heavy atom. The fourth-order valence-corrected chi connectivity index (χ4v) is 3.67. The normalized spacial score (nSPS) is 33.0. The Hall–Kier alpha value is -1.04. The SMILES string of the molecule is CC1=CCC(CCC2CC2CC2C=CCCC=C2)C=C1. The number of allylic oxidation sites excluding steroid dienone is 8. The second kappa shape index (κ2) is 6.61. The van der Waals surface area contributed by atoms with Crippen molar-refractivity contribution in [3.8, 4) is 0 Å². The van der Waals surface area contributed by atoms with Crippen LogP contribution in [-0.2, 0) is 0 Å². The Labute approximate surface area is 124 Å². The predicted octanol–water partition coefficient (Wildman–Crippen LogP) is 5.84. The molecule has 0 heterocycles. The molecule has 0 bridgehead atoms. The summed E-state index contributed by atoms with van der Waals surface area (Å²) in [5.41, 5.74) is 1.44. The van der Waals surface area contributed by atoms with Crippen molar-refractivity contribution in [2.45, 2.75) is 51.9 Å². The van der Waals surface area contributed by atoms with Gasteiger partial charge in [0.15, 0.2) is 0 Å². The molecule has 0 aromatic carbocycles. The molecular formula is C20H28. The van der Waals surface area contributed by atoms with Crippen LogP contribution in [0.2, 0.25) is 0 Å². The van der Waals surface area contributed by atoms with Crippen molar-refractivity contribution in [2.75, 3.05) is 0 Å². The minimum absolute atomic E-state index is 0.729. The molecule has 20 heavy (non-hydrogen) atoms. The predicted molar refractivity (Wildman–Crippen MR) is 87.5 cm³/mol. The van der Waals surface area contributed by atoms with Crippen LogP contribution in [0.1, 0.15) is 51.9 Å². The molecule has 3 aliphatic carbocycles. The van der Waals surface area contributed by atoms with Gasteiger partial charge in [-0.2, -0.15) is 0 Å². The molecule has 1 fully saturated rings. The lowest BCUT2D eigenvalue weighted by Gasteiger charge is -2.14. The lowest BCUT2D eigenvalue weighted by atomic mass is 9.91. The second-order valence-electron chi connectivity index (χ2n) is 6.97. The molecule has 0 spiro atoms. The molecule has 0 amide bonds. The van der Waals surface area contributed by atoms with Crippen LogP contribution in [0.15, 0.2) is 48.1 Å². The van der Waals surface area contributed by atoms with Gasteiger partial charge in [0.2, 0.25) is 0 Å². The minimum atomic E-state index is 0.729. The molecule has 3 rings (SSSR count). The number of hydrogen-bond donors (Lipinski definition) is 0. The highest BCUT2D eigenvalue weighted by molar-refractivity contribution is 5.21. The molecule has 0 aromatic rings. The van der Waals surface area contributed by atoms with Gasteiger partial charge in [-0.05, 0) is 75.5 Å². The molecule has 3 atom stereocenters. The zero-order chi connectivity index (χ0) is 13.8. The van der Waals surface area contributed by atoms with E-state index in [9.17, 15) is 0 Å². The molecule has 0 saturated heterocycles. The summed E-state index contributed by atoms with van der Waals surface area (Å²) >= 11 is 0. The van der Waals surface area contributed by atoms with E-state index in [0.29, 0.717) is 0 Å². The van der Waals surface area contributed by atoms with Crippen LogP contribution in [0, 0.1) is 23.7 Å². The smallest absolute Gasteiger partial charge is 0.00508 e. The molecule has 0 heteroatoms. The third-order valence-electron chi connectivity index (χ3n) is 5.19. The monoisotopic (exact) mass is 268 g/mol. The maximum absolute atomic E-state index is 2.44. The van der Waals surface area contributed by atoms with Crippen LogP contribution in [0.3, 0.4) is 0 Å². The molecular weight excluding hydrogens is 240 g/mol. The van der Waals surface area contributed by atoms with E-state index < -0.39 is 0 Å². The minimum Gasteiger partial charge on any atom is -0.0876 e. The first-order valence-corrected chi connectivity index (χ1v) is 8.49. The Bertz CT molecular complexity index is 421. The number of rotatable bonds is 5. The van der Waals surface area contributed by atoms with Crippen molar-refractivity contribution in [3.05, 3.63) is 48.1 Å². The van der Waals surface area contributed by atoms with Gasteiger partial charge in [-0.1, -0.05) is 48.1 Å². The summed E-state index contributed by atoms with van der Waals surface area (Å²) in [5.74, 6) is 3.59. The third kappa shape index (κ3) is 3.98. The highest BCUT2D eigenvalue weighted by Gasteiger charge is 2.37. The van der Waals surface area contributed by atoms with Crippen LogP contribution in [-0.4, -0.2) is 0 Å². The Balaban J connectivity index is 1.36. The van der Waals surface area contributed by atoms with E-state index in [0.717, 1.165) is 23.7 Å². The molecule has 0 aliphatic heterocycles. The highest BCUT2D eigenvalue weighted by Crippen LogP contribution is 2.47. The zero-order valence-electron chi connectivity index (χ0n) is 12.8. The van der Waals surface area contributed by atoms with Crippen molar-refractivity contribution in [2.24, 2.45) is 23.7 Å². The third-order valence-corrected chi connectivity index (χ3v) is 5.19. The second-order valence-corrected chi connectivity index (χ2v) is 6.97. The van der Waals surface area contributed by atoms with Crippen LogP contribution >= 0.6 is 0 Å². The Kier molecular flexibility index (Phi) is 4.60. The quantitative estimate of drug-likeness (QED) is 0.550. The summed E-state index contributed by atoms with van der Waals surface area (Å²) in [4.78, 5) is 0. The first kappa shape index (κ1) is 13.9. The van der Waals surface area contributed by atoms with E-state index in [-0.39, 0.29) is 0 Å². The van der Waals surface area contributed by atoms with Gasteiger partial charge in [-0.15, -0.1) is 0 Å². The Morgan fingerprint density at radius 3 is 2.50 bits per heavy atom. The molecule has 3 aliphatic rings. The van der Waals surface area contributed by atoms with Crippen LogP contribution in [0.5, 0.6) is 0 Å². The van der Waals surface area contributed by atoms with E-state index in [1.165, 1.54) is 50.5 Å². The molecule has 0 nitrogen and oxygen atoms in total. The number of hydrogen-bond acceptors (Lipinski definition) is 0. The molecule has 0 aromatic heterocycles. The molecule has 1 saturated carbocycles. The lowest BCUT2D eigenvalue weighted by Crippen LogP contribution is -2.01. The van der Waals surface area contributed by atoms with Crippen LogP contribution in [0.25, 0.3) is 0 Å². The van der Waals surface area contributed by atoms with Gasteiger partial charge in [0.25, 0.3) is 0 Å². The zero-order valence-corrected chi connectivity index (χ0v) is 12.8. The van der Waals surface area contributed by atoms with E-state index in [1.807, 2.05) is 0 Å². The summed E-state index contributed by atoms with van der Waals surface area (Å²) < 4.78 is 0. The highest BCUT2D eigenvalue weighted by atomic mass is 14.4. The maximum Gasteiger partial charge on any atom is -0.00508 e. The van der Waals surface area contributed by atoms with E-state index in [1.54, 1.807) is 0 Å². The largest absolute Gasteiger partial charge is 0.0876 e. The molecule has 108 valence electrons.